The highest BCUT2D eigenvalue weighted by atomic mass is 32.2. The Morgan fingerprint density at radius 2 is 1.75 bits per heavy atom. The average Bonchev–Trinajstić information content (AvgIpc) is 2.54. The minimum atomic E-state index is -3.62. The van der Waals surface area contributed by atoms with Gasteiger partial charge in [0.25, 0.3) is 10.1 Å². The summed E-state index contributed by atoms with van der Waals surface area (Å²) >= 11 is 1.65. The van der Waals surface area contributed by atoms with Crippen LogP contribution in [-0.4, -0.2) is 14.2 Å². The average molecular weight is 364 g/mol. The zero-order valence-corrected chi connectivity index (χ0v) is 15.5. The maximum atomic E-state index is 12.2. The molecule has 1 aliphatic rings. The molecule has 0 radical (unpaired) electrons. The van der Waals surface area contributed by atoms with Crippen molar-refractivity contribution in [2.24, 2.45) is 0 Å². The Morgan fingerprint density at radius 1 is 1.00 bits per heavy atom. The topological polar surface area (TPSA) is 46.6 Å². The van der Waals surface area contributed by atoms with E-state index in [1.807, 2.05) is 43.3 Å². The van der Waals surface area contributed by atoms with Crippen molar-refractivity contribution in [2.75, 3.05) is 10.8 Å². The second kappa shape index (κ2) is 7.17. The summed E-state index contributed by atoms with van der Waals surface area (Å²) in [5.41, 5.74) is 2.79. The van der Waals surface area contributed by atoms with Crippen molar-refractivity contribution in [1.82, 2.24) is 0 Å². The van der Waals surface area contributed by atoms with E-state index in [-0.39, 0.29) is 5.75 Å². The van der Waals surface area contributed by atoms with Gasteiger partial charge in [-0.05, 0) is 42.7 Å². The van der Waals surface area contributed by atoms with Crippen LogP contribution >= 0.6 is 11.8 Å². The molecule has 3 rings (SSSR count). The first-order valence-corrected chi connectivity index (χ1v) is 10.6. The second-order valence-electron chi connectivity index (χ2n) is 5.75. The van der Waals surface area contributed by atoms with E-state index in [0.29, 0.717) is 6.42 Å². The van der Waals surface area contributed by atoms with E-state index in [0.717, 1.165) is 34.0 Å². The first-order valence-electron chi connectivity index (χ1n) is 8.16. The number of aryl methyl sites for hydroxylation is 1. The van der Waals surface area contributed by atoms with E-state index in [2.05, 4.69) is 13.0 Å². The summed E-state index contributed by atoms with van der Waals surface area (Å²) in [4.78, 5) is 2.01. The number of fused-ring (bicyclic) bond motifs is 2. The van der Waals surface area contributed by atoms with Crippen LogP contribution < -0.4 is 5.06 Å². The Morgan fingerprint density at radius 3 is 2.50 bits per heavy atom. The molecule has 1 heterocycles. The maximum Gasteiger partial charge on any atom is 0.288 e. The molecule has 0 aliphatic carbocycles. The molecule has 0 unspecified atom stereocenters. The Hall–Kier alpha value is -1.50. The fraction of sp³-hybridized carbons (Fsp3) is 0.333. The van der Waals surface area contributed by atoms with Crippen molar-refractivity contribution in [2.45, 2.75) is 42.9 Å². The van der Waals surface area contributed by atoms with Crippen LogP contribution in [0.2, 0.25) is 0 Å². The highest BCUT2D eigenvalue weighted by Gasteiger charge is 2.28. The predicted octanol–water partition coefficient (Wildman–Crippen LogP) is 4.91. The molecule has 0 saturated carbocycles. The lowest BCUT2D eigenvalue weighted by Gasteiger charge is -2.30. The number of benzene rings is 2. The molecule has 24 heavy (non-hydrogen) atoms. The van der Waals surface area contributed by atoms with Crippen LogP contribution in [0.4, 0.5) is 11.4 Å². The molecule has 2 aromatic rings. The number of anilines is 2. The first kappa shape index (κ1) is 17.3. The van der Waals surface area contributed by atoms with Crippen molar-refractivity contribution in [3.05, 3.63) is 48.0 Å². The molecular weight excluding hydrogens is 342 g/mol. The molecule has 0 saturated heterocycles. The molecule has 0 N–H and O–H groups in total. The van der Waals surface area contributed by atoms with E-state index >= 15 is 0 Å². The van der Waals surface area contributed by atoms with Gasteiger partial charge in [-0.2, -0.15) is 8.42 Å². The zero-order valence-electron chi connectivity index (χ0n) is 13.9. The first-order chi connectivity index (χ1) is 11.5. The Bertz CT molecular complexity index is 834. The van der Waals surface area contributed by atoms with Crippen molar-refractivity contribution in [1.29, 1.82) is 0 Å². The van der Waals surface area contributed by atoms with Crippen molar-refractivity contribution in [3.8, 4) is 0 Å². The molecule has 1 aliphatic heterocycles. The third-order valence-corrected chi connectivity index (χ3v) is 6.12. The molecule has 0 amide bonds. The molecule has 0 atom stereocenters. The van der Waals surface area contributed by atoms with Crippen LogP contribution in [-0.2, 0) is 20.8 Å². The van der Waals surface area contributed by atoms with Crippen LogP contribution in [0.3, 0.4) is 0 Å². The summed E-state index contributed by atoms with van der Waals surface area (Å²) < 4.78 is 29.9. The lowest BCUT2D eigenvalue weighted by atomic mass is 10.1. The van der Waals surface area contributed by atoms with Gasteiger partial charge in [0.05, 0.1) is 17.1 Å². The van der Waals surface area contributed by atoms with Gasteiger partial charge in [0.2, 0.25) is 0 Å². The van der Waals surface area contributed by atoms with E-state index in [1.54, 1.807) is 11.8 Å². The number of rotatable bonds is 6. The van der Waals surface area contributed by atoms with Gasteiger partial charge in [0.15, 0.2) is 0 Å². The van der Waals surface area contributed by atoms with Gasteiger partial charge in [-0.1, -0.05) is 50.2 Å². The lowest BCUT2D eigenvalue weighted by molar-refractivity contribution is 0.319. The van der Waals surface area contributed by atoms with E-state index < -0.39 is 10.1 Å². The number of hydrogen-bond acceptors (Lipinski definition) is 5. The highest BCUT2D eigenvalue weighted by Crippen LogP contribution is 2.48. The summed E-state index contributed by atoms with van der Waals surface area (Å²) in [5.74, 6) is 0.00205. The highest BCUT2D eigenvalue weighted by molar-refractivity contribution is 7.99. The smallest absolute Gasteiger partial charge is 0.202 e. The molecule has 128 valence electrons. The quantitative estimate of drug-likeness (QED) is 0.729. The lowest BCUT2D eigenvalue weighted by Crippen LogP contribution is -2.26. The second-order valence-corrected chi connectivity index (χ2v) is 8.51. The number of nitrogens with zero attached hydrogens (tertiary/aromatic N) is 1. The Balaban J connectivity index is 2.04. The van der Waals surface area contributed by atoms with Gasteiger partial charge < -0.3 is 0 Å². The molecule has 6 heteroatoms. The normalized spacial score (nSPS) is 13.5. The molecule has 0 bridgehead atoms. The predicted molar refractivity (Wildman–Crippen MR) is 98.3 cm³/mol. The summed E-state index contributed by atoms with van der Waals surface area (Å²) in [6.45, 7) is 3.97. The molecule has 0 spiro atoms. The van der Waals surface area contributed by atoms with E-state index in [9.17, 15) is 8.42 Å². The maximum absolute atomic E-state index is 12.2. The molecule has 0 aromatic heterocycles. The largest absolute Gasteiger partial charge is 0.288 e. The van der Waals surface area contributed by atoms with Gasteiger partial charge in [-0.3, -0.25) is 0 Å². The number of hydrogen-bond donors (Lipinski definition) is 0. The molecular formula is C18H21NO3S2. The van der Waals surface area contributed by atoms with Crippen LogP contribution in [0, 0.1) is 0 Å². The summed E-state index contributed by atoms with van der Waals surface area (Å²) in [6, 6.07) is 13.8. The molecule has 0 fully saturated rings. The number of para-hydroxylation sites is 1. The minimum Gasteiger partial charge on any atom is -0.202 e. The fourth-order valence-corrected chi connectivity index (χ4v) is 4.76. The van der Waals surface area contributed by atoms with Gasteiger partial charge in [0, 0.05) is 9.79 Å². The standard InChI is InChI=1S/C18H21NO3S2/c1-3-7-14-10-11-16-18(13-14)23-17-9-6-5-8-15(17)19(16)22-24(20,21)12-4-2/h5-6,8-11,13H,3-4,7,12H2,1-2H3. The van der Waals surface area contributed by atoms with E-state index in [4.69, 9.17) is 4.28 Å². The summed E-state index contributed by atoms with van der Waals surface area (Å²) in [6.07, 6.45) is 2.60. The van der Waals surface area contributed by atoms with Crippen LogP contribution in [0.5, 0.6) is 0 Å². The third-order valence-electron chi connectivity index (χ3n) is 3.73. The summed E-state index contributed by atoms with van der Waals surface area (Å²) in [5, 5.41) is 1.46. The summed E-state index contributed by atoms with van der Waals surface area (Å²) in [7, 11) is -3.62. The van der Waals surface area contributed by atoms with Crippen LogP contribution in [0.15, 0.2) is 52.3 Å². The molecule has 4 nitrogen and oxygen atoms in total. The van der Waals surface area contributed by atoms with Crippen molar-refractivity contribution < 1.29 is 12.7 Å². The Kier molecular flexibility index (Phi) is 5.18. The fourth-order valence-electron chi connectivity index (χ4n) is 2.69. The van der Waals surface area contributed by atoms with Crippen LogP contribution in [0.1, 0.15) is 32.3 Å². The van der Waals surface area contributed by atoms with Gasteiger partial charge in [-0.15, -0.1) is 4.28 Å². The van der Waals surface area contributed by atoms with Gasteiger partial charge in [0.1, 0.15) is 0 Å². The third kappa shape index (κ3) is 3.61. The molecule has 2 aromatic carbocycles. The van der Waals surface area contributed by atoms with Gasteiger partial charge >= 0.3 is 0 Å². The van der Waals surface area contributed by atoms with Crippen molar-refractivity contribution >= 4 is 33.3 Å². The zero-order chi connectivity index (χ0) is 17.2. The SMILES string of the molecule is CCCc1ccc2c(c1)Sc1ccccc1N2OS(=O)(=O)CCC. The van der Waals surface area contributed by atoms with Crippen LogP contribution in [0.25, 0.3) is 0 Å². The van der Waals surface area contributed by atoms with E-state index in [1.165, 1.54) is 10.6 Å². The Labute approximate surface area is 147 Å². The van der Waals surface area contributed by atoms with Gasteiger partial charge in [-0.25, -0.2) is 5.06 Å². The minimum absolute atomic E-state index is 0.00205. The monoisotopic (exact) mass is 363 g/mol. The van der Waals surface area contributed by atoms with Crippen molar-refractivity contribution in [3.63, 3.8) is 0 Å².